The highest BCUT2D eigenvalue weighted by Gasteiger charge is 2.35. The Balaban J connectivity index is 1.74. The van der Waals surface area contributed by atoms with Crippen LogP contribution in [0, 0.1) is 0 Å². The monoisotopic (exact) mass is 536 g/mol. The highest BCUT2D eigenvalue weighted by molar-refractivity contribution is 6.31. The van der Waals surface area contributed by atoms with Gasteiger partial charge in [0.05, 0.1) is 11.1 Å². The molecule has 0 fully saturated rings. The molecule has 1 atom stereocenters. The first-order valence-corrected chi connectivity index (χ1v) is 12.2. The van der Waals surface area contributed by atoms with Crippen molar-refractivity contribution in [2.24, 2.45) is 28.2 Å². The molecule has 0 radical (unpaired) electrons. The zero-order valence-corrected chi connectivity index (χ0v) is 21.9. The van der Waals surface area contributed by atoms with E-state index in [1.54, 1.807) is 12.1 Å². The Labute approximate surface area is 221 Å². The van der Waals surface area contributed by atoms with E-state index in [1.165, 1.54) is 32.8 Å². The molecule has 38 heavy (non-hydrogen) atoms. The number of benzene rings is 2. The molecule has 1 aliphatic rings. The smallest absolute Gasteiger partial charge is 0.333 e. The summed E-state index contributed by atoms with van der Waals surface area (Å²) in [7, 11) is 5.55. The zero-order valence-electron chi connectivity index (χ0n) is 21.2. The molecule has 2 aromatic carbocycles. The number of rotatable bonds is 4. The van der Waals surface area contributed by atoms with Crippen molar-refractivity contribution < 1.29 is 9.84 Å². The first kappa shape index (κ1) is 25.3. The normalized spacial score (nSPS) is 14.1. The molecule has 10 nitrogen and oxygen atoms in total. The first-order chi connectivity index (χ1) is 18.0. The summed E-state index contributed by atoms with van der Waals surface area (Å²) in [5.74, 6) is -0.770. The molecule has 1 unspecified atom stereocenters. The van der Waals surface area contributed by atoms with Crippen LogP contribution < -0.4 is 27.2 Å². The summed E-state index contributed by atoms with van der Waals surface area (Å²) < 4.78 is 10.2. The topological polar surface area (TPSA) is 117 Å². The lowest BCUT2D eigenvalue weighted by molar-refractivity contribution is 0.381. The van der Waals surface area contributed by atoms with Gasteiger partial charge in [0.15, 0.2) is 0 Å². The lowest BCUT2D eigenvalue weighted by Crippen LogP contribution is -2.42. The van der Waals surface area contributed by atoms with E-state index in [1.807, 2.05) is 30.3 Å². The third kappa shape index (κ3) is 3.88. The molecule has 0 saturated heterocycles. The molecule has 196 valence electrons. The molecular weight excluding hydrogens is 512 g/mol. The van der Waals surface area contributed by atoms with E-state index in [-0.39, 0.29) is 23.4 Å². The van der Waals surface area contributed by atoms with Crippen LogP contribution >= 0.6 is 11.6 Å². The molecule has 0 spiro atoms. The van der Waals surface area contributed by atoms with Gasteiger partial charge in [-0.05, 0) is 36.1 Å². The maximum absolute atomic E-state index is 13.4. The predicted molar refractivity (Wildman–Crippen MR) is 142 cm³/mol. The van der Waals surface area contributed by atoms with Crippen molar-refractivity contribution in [3.8, 4) is 17.5 Å². The van der Waals surface area contributed by atoms with Crippen LogP contribution in [0.25, 0.3) is 0 Å². The molecule has 3 heterocycles. The van der Waals surface area contributed by atoms with Crippen molar-refractivity contribution in [3.63, 3.8) is 0 Å². The van der Waals surface area contributed by atoms with Gasteiger partial charge >= 0.3 is 11.4 Å². The van der Waals surface area contributed by atoms with Gasteiger partial charge in [0.25, 0.3) is 11.1 Å². The molecule has 1 N–H and O–H groups in total. The van der Waals surface area contributed by atoms with Crippen molar-refractivity contribution in [1.82, 2.24) is 18.3 Å². The Bertz CT molecular complexity index is 1860. The average Bonchev–Trinajstić information content (AvgIpc) is 2.91. The van der Waals surface area contributed by atoms with Crippen molar-refractivity contribution >= 4 is 11.6 Å². The Kier molecular flexibility index (Phi) is 6.15. The van der Waals surface area contributed by atoms with Crippen LogP contribution in [0.5, 0.6) is 17.5 Å². The molecule has 0 aliphatic carbocycles. The van der Waals surface area contributed by atoms with Gasteiger partial charge in [-0.25, -0.2) is 9.59 Å². The van der Waals surface area contributed by atoms with E-state index in [4.69, 9.17) is 16.3 Å². The van der Waals surface area contributed by atoms with Gasteiger partial charge in [-0.1, -0.05) is 41.9 Å². The third-order valence-corrected chi connectivity index (χ3v) is 7.50. The molecule has 2 aromatic heterocycles. The number of nitrogens with zero attached hydrogens (tertiary/aromatic N) is 4. The quantitative estimate of drug-likeness (QED) is 0.426. The fraction of sp³-hybridized carbons (Fsp3) is 0.259. The summed E-state index contributed by atoms with van der Waals surface area (Å²) in [5, 5.41) is 11.4. The van der Waals surface area contributed by atoms with Gasteiger partial charge in [-0.15, -0.1) is 0 Å². The van der Waals surface area contributed by atoms with Gasteiger partial charge < -0.3 is 9.84 Å². The lowest BCUT2D eigenvalue weighted by atomic mass is 9.84. The number of ether oxygens (including phenoxy) is 1. The van der Waals surface area contributed by atoms with Crippen molar-refractivity contribution in [2.45, 2.75) is 18.8 Å². The second-order valence-corrected chi connectivity index (χ2v) is 9.84. The minimum absolute atomic E-state index is 0.0363. The Morgan fingerprint density at radius 1 is 0.868 bits per heavy atom. The number of aromatic hydroxyl groups is 1. The van der Waals surface area contributed by atoms with E-state index in [2.05, 4.69) is 0 Å². The fourth-order valence-electron chi connectivity index (χ4n) is 4.97. The van der Waals surface area contributed by atoms with Crippen molar-refractivity contribution in [1.29, 1.82) is 0 Å². The fourth-order valence-corrected chi connectivity index (χ4v) is 5.17. The Morgan fingerprint density at radius 2 is 1.53 bits per heavy atom. The van der Waals surface area contributed by atoms with Gasteiger partial charge in [0.2, 0.25) is 11.8 Å². The van der Waals surface area contributed by atoms with Gasteiger partial charge in [-0.2, -0.15) is 0 Å². The van der Waals surface area contributed by atoms with E-state index in [0.717, 1.165) is 24.8 Å². The lowest BCUT2D eigenvalue weighted by Gasteiger charge is -2.29. The molecule has 0 bridgehead atoms. The number of hydrogen-bond donors (Lipinski definition) is 1. The summed E-state index contributed by atoms with van der Waals surface area (Å²) in [6.07, 6.45) is 0.393. The van der Waals surface area contributed by atoms with Gasteiger partial charge in [-0.3, -0.25) is 27.9 Å². The molecule has 0 amide bonds. The first-order valence-electron chi connectivity index (χ1n) is 11.8. The average molecular weight is 537 g/mol. The van der Waals surface area contributed by atoms with Crippen molar-refractivity contribution in [3.05, 3.63) is 117 Å². The van der Waals surface area contributed by atoms with Crippen molar-refractivity contribution in [2.75, 3.05) is 0 Å². The summed E-state index contributed by atoms with van der Waals surface area (Å²) >= 11 is 6.37. The van der Waals surface area contributed by atoms with Crippen LogP contribution in [0.2, 0.25) is 5.02 Å². The summed E-state index contributed by atoms with van der Waals surface area (Å²) in [5.41, 5.74) is 0.0481. The molecule has 0 saturated carbocycles. The van der Waals surface area contributed by atoms with Crippen LogP contribution in [0.15, 0.2) is 61.6 Å². The van der Waals surface area contributed by atoms with E-state index >= 15 is 0 Å². The summed E-state index contributed by atoms with van der Waals surface area (Å²) in [4.78, 5) is 51.5. The molecule has 11 heteroatoms. The Morgan fingerprint density at radius 3 is 2.24 bits per heavy atom. The minimum atomic E-state index is -0.762. The summed E-state index contributed by atoms with van der Waals surface area (Å²) in [6.45, 7) is 0. The van der Waals surface area contributed by atoms with Gasteiger partial charge in [0.1, 0.15) is 5.75 Å². The number of fused-ring (bicyclic) bond motifs is 2. The molecule has 1 aliphatic heterocycles. The zero-order chi connectivity index (χ0) is 27.5. The molecular formula is C27H25ClN4O6. The predicted octanol–water partition coefficient (Wildman–Crippen LogP) is 1.91. The number of hydrogen-bond acceptors (Lipinski definition) is 6. The maximum atomic E-state index is 13.4. The van der Waals surface area contributed by atoms with Crippen LogP contribution in [0.4, 0.5) is 0 Å². The molecule has 5 rings (SSSR count). The van der Waals surface area contributed by atoms with E-state index in [0.29, 0.717) is 22.8 Å². The summed E-state index contributed by atoms with van der Waals surface area (Å²) in [6, 6.07) is 13.0. The second kappa shape index (κ2) is 9.21. The van der Waals surface area contributed by atoms with Crippen LogP contribution in [-0.2, 0) is 41.0 Å². The maximum Gasteiger partial charge on any atom is 0.333 e. The SMILES string of the molecule is Cn1c(O)c(CC2c3cc(Cc4ccccc4Cl)ccc3Oc3c2c(=O)n(C)c(=O)n3C)c(=O)n(C)c1=O. The van der Waals surface area contributed by atoms with E-state index in [9.17, 15) is 24.3 Å². The highest BCUT2D eigenvalue weighted by atomic mass is 35.5. The Hall–Kier alpha value is -4.31. The van der Waals surface area contributed by atoms with Crippen LogP contribution in [0.3, 0.4) is 0 Å². The van der Waals surface area contributed by atoms with E-state index < -0.39 is 34.3 Å². The largest absolute Gasteiger partial charge is 0.494 e. The third-order valence-electron chi connectivity index (χ3n) is 7.13. The van der Waals surface area contributed by atoms with Crippen LogP contribution in [0.1, 0.15) is 33.7 Å². The minimum Gasteiger partial charge on any atom is -0.494 e. The standard InChI is InChI=1S/C27H25ClN4O6/c1-29-22(33)18(23(34)30(2)26(29)36)13-17-16-12-14(11-15-7-5-6-8-19(15)28)9-10-20(16)38-25-21(17)24(35)31(3)27(37)32(25)4/h5-10,12,17,33H,11,13H2,1-4H3. The second-order valence-electron chi connectivity index (χ2n) is 9.43. The van der Waals surface area contributed by atoms with Crippen LogP contribution in [-0.4, -0.2) is 23.4 Å². The number of aromatic nitrogens is 4. The highest BCUT2D eigenvalue weighted by Crippen LogP contribution is 2.44. The molecule has 4 aromatic rings. The number of halogens is 1. The van der Waals surface area contributed by atoms with Gasteiger partial charge in [0, 0.05) is 44.7 Å².